The highest BCUT2D eigenvalue weighted by atomic mass is 127. The molecule has 0 saturated carbocycles. The van der Waals surface area contributed by atoms with Gasteiger partial charge in [-0.05, 0) is 31.5 Å². The molecule has 0 radical (unpaired) electrons. The van der Waals surface area contributed by atoms with Gasteiger partial charge in [0.25, 0.3) is 0 Å². The molecule has 1 saturated heterocycles. The van der Waals surface area contributed by atoms with Gasteiger partial charge in [-0.15, -0.1) is 24.0 Å². The highest BCUT2D eigenvalue weighted by Crippen LogP contribution is 2.20. The van der Waals surface area contributed by atoms with E-state index in [2.05, 4.69) is 15.6 Å². The van der Waals surface area contributed by atoms with Gasteiger partial charge in [-0.25, -0.2) is 0 Å². The Labute approximate surface area is 179 Å². The van der Waals surface area contributed by atoms with Crippen LogP contribution in [0.4, 0.5) is 13.2 Å². The Morgan fingerprint density at radius 1 is 1.44 bits per heavy atom. The van der Waals surface area contributed by atoms with Crippen molar-refractivity contribution in [3.63, 3.8) is 0 Å². The minimum atomic E-state index is -4.16. The molecule has 2 unspecified atom stereocenters. The monoisotopic (exact) mass is 520 g/mol. The zero-order chi connectivity index (χ0) is 19.2. The lowest BCUT2D eigenvalue weighted by atomic mass is 10.3. The SMILES string of the molecule is CN=C(NCC(C)Oc1cccc(Cl)c1)NC1CCN(CC(F)(F)F)C1.I. The predicted molar refractivity (Wildman–Crippen MR) is 112 cm³/mol. The zero-order valence-corrected chi connectivity index (χ0v) is 18.3. The normalized spacial score (nSPS) is 19.3. The quantitative estimate of drug-likeness (QED) is 0.342. The van der Waals surface area contributed by atoms with Crippen LogP contribution < -0.4 is 15.4 Å². The highest BCUT2D eigenvalue weighted by molar-refractivity contribution is 14.0. The molecule has 0 spiro atoms. The first-order valence-corrected chi connectivity index (χ1v) is 8.81. The van der Waals surface area contributed by atoms with Gasteiger partial charge in [0.2, 0.25) is 0 Å². The molecule has 154 valence electrons. The minimum absolute atomic E-state index is 0. The molecule has 1 heterocycles. The largest absolute Gasteiger partial charge is 0.489 e. The van der Waals surface area contributed by atoms with E-state index >= 15 is 0 Å². The van der Waals surface area contributed by atoms with Crippen molar-refractivity contribution in [2.75, 3.05) is 33.2 Å². The van der Waals surface area contributed by atoms with Crippen molar-refractivity contribution in [3.05, 3.63) is 29.3 Å². The van der Waals surface area contributed by atoms with Crippen LogP contribution in [0.15, 0.2) is 29.3 Å². The summed E-state index contributed by atoms with van der Waals surface area (Å²) in [4.78, 5) is 5.52. The van der Waals surface area contributed by atoms with E-state index in [0.29, 0.717) is 42.8 Å². The molecule has 1 aromatic rings. The van der Waals surface area contributed by atoms with E-state index in [0.717, 1.165) is 0 Å². The Morgan fingerprint density at radius 3 is 2.81 bits per heavy atom. The van der Waals surface area contributed by atoms with Gasteiger partial charge in [-0.1, -0.05) is 17.7 Å². The van der Waals surface area contributed by atoms with Crippen LogP contribution in [-0.4, -0.2) is 62.4 Å². The summed E-state index contributed by atoms with van der Waals surface area (Å²) in [5.41, 5.74) is 0. The molecule has 10 heteroatoms. The number of hydrogen-bond donors (Lipinski definition) is 2. The van der Waals surface area contributed by atoms with Crippen molar-refractivity contribution in [3.8, 4) is 5.75 Å². The van der Waals surface area contributed by atoms with E-state index in [-0.39, 0.29) is 36.1 Å². The van der Waals surface area contributed by atoms with Gasteiger partial charge < -0.3 is 15.4 Å². The maximum absolute atomic E-state index is 12.5. The number of nitrogens with one attached hydrogen (secondary N) is 2. The van der Waals surface area contributed by atoms with E-state index in [1.807, 2.05) is 19.1 Å². The van der Waals surface area contributed by atoms with Gasteiger partial charge in [-0.3, -0.25) is 9.89 Å². The lowest BCUT2D eigenvalue weighted by Gasteiger charge is -2.21. The average molecular weight is 521 g/mol. The fraction of sp³-hybridized carbons (Fsp3) is 0.588. The second kappa shape index (κ2) is 11.2. The van der Waals surface area contributed by atoms with Gasteiger partial charge in [0.15, 0.2) is 5.96 Å². The third-order valence-corrected chi connectivity index (χ3v) is 4.17. The van der Waals surface area contributed by atoms with Gasteiger partial charge >= 0.3 is 6.18 Å². The third kappa shape index (κ3) is 9.20. The fourth-order valence-electron chi connectivity index (χ4n) is 2.79. The summed E-state index contributed by atoms with van der Waals surface area (Å²) in [6.45, 7) is 2.28. The predicted octanol–water partition coefficient (Wildman–Crippen LogP) is 3.53. The molecule has 1 fully saturated rings. The van der Waals surface area contributed by atoms with Crippen LogP contribution in [0.3, 0.4) is 0 Å². The van der Waals surface area contributed by atoms with Crippen molar-refractivity contribution < 1.29 is 17.9 Å². The molecule has 0 amide bonds. The lowest BCUT2D eigenvalue weighted by molar-refractivity contribution is -0.143. The number of nitrogens with zero attached hydrogens (tertiary/aromatic N) is 2. The molecule has 1 aliphatic rings. The zero-order valence-electron chi connectivity index (χ0n) is 15.2. The summed E-state index contributed by atoms with van der Waals surface area (Å²) < 4.78 is 43.1. The number of benzene rings is 1. The van der Waals surface area contributed by atoms with Gasteiger partial charge in [0.1, 0.15) is 11.9 Å². The van der Waals surface area contributed by atoms with Crippen LogP contribution in [0.5, 0.6) is 5.75 Å². The summed E-state index contributed by atoms with van der Waals surface area (Å²) in [7, 11) is 1.63. The molecule has 5 nitrogen and oxygen atoms in total. The number of alkyl halides is 3. The second-order valence-corrected chi connectivity index (χ2v) is 6.76. The first-order valence-electron chi connectivity index (χ1n) is 8.43. The van der Waals surface area contributed by atoms with Gasteiger partial charge in [0, 0.05) is 31.2 Å². The molecule has 1 aromatic carbocycles. The molecule has 0 aromatic heterocycles. The summed E-state index contributed by atoms with van der Waals surface area (Å²) >= 11 is 5.93. The molecule has 0 bridgehead atoms. The van der Waals surface area contributed by atoms with Crippen molar-refractivity contribution in [1.82, 2.24) is 15.5 Å². The van der Waals surface area contributed by atoms with Crippen LogP contribution in [0, 0.1) is 0 Å². The lowest BCUT2D eigenvalue weighted by Crippen LogP contribution is -2.47. The van der Waals surface area contributed by atoms with E-state index in [1.54, 1.807) is 19.2 Å². The summed E-state index contributed by atoms with van der Waals surface area (Å²) in [6, 6.07) is 7.08. The van der Waals surface area contributed by atoms with Crippen LogP contribution in [0.1, 0.15) is 13.3 Å². The summed E-state index contributed by atoms with van der Waals surface area (Å²) in [5, 5.41) is 6.90. The number of halogens is 5. The average Bonchev–Trinajstić information content (AvgIpc) is 2.96. The van der Waals surface area contributed by atoms with Crippen molar-refractivity contribution in [2.45, 2.75) is 31.7 Å². The Hall–Kier alpha value is -0.940. The molecule has 2 rings (SSSR count). The number of rotatable bonds is 6. The Kier molecular flexibility index (Phi) is 9.96. The van der Waals surface area contributed by atoms with Crippen LogP contribution in [0.25, 0.3) is 0 Å². The number of guanidine groups is 1. The van der Waals surface area contributed by atoms with Crippen molar-refractivity contribution in [2.24, 2.45) is 4.99 Å². The molecule has 27 heavy (non-hydrogen) atoms. The summed E-state index contributed by atoms with van der Waals surface area (Å²) in [5.74, 6) is 1.22. The Bertz CT molecular complexity index is 618. The fourth-order valence-corrected chi connectivity index (χ4v) is 2.97. The summed E-state index contributed by atoms with van der Waals surface area (Å²) in [6.07, 6.45) is -3.66. The van der Waals surface area contributed by atoms with Crippen molar-refractivity contribution in [1.29, 1.82) is 0 Å². The number of hydrogen-bond acceptors (Lipinski definition) is 3. The minimum Gasteiger partial charge on any atom is -0.489 e. The molecular formula is C17H25ClF3IN4O. The Morgan fingerprint density at radius 2 is 2.19 bits per heavy atom. The maximum Gasteiger partial charge on any atom is 0.401 e. The molecule has 1 aliphatic heterocycles. The molecular weight excluding hydrogens is 496 g/mol. The van der Waals surface area contributed by atoms with Gasteiger partial charge in [0.05, 0.1) is 13.1 Å². The first-order chi connectivity index (χ1) is 12.2. The number of likely N-dealkylation sites (tertiary alicyclic amines) is 1. The van der Waals surface area contributed by atoms with E-state index in [4.69, 9.17) is 16.3 Å². The molecule has 2 atom stereocenters. The standard InChI is InChI=1S/C17H24ClF3N4O.HI/c1-12(26-15-5-3-4-13(18)8-15)9-23-16(22-2)24-14-6-7-25(10-14)11-17(19,20)21;/h3-5,8,12,14H,6-7,9-11H2,1-2H3,(H2,22,23,24);1H. The second-order valence-electron chi connectivity index (χ2n) is 6.32. The Balaban J connectivity index is 0.00000364. The third-order valence-electron chi connectivity index (χ3n) is 3.93. The molecule has 2 N–H and O–H groups in total. The topological polar surface area (TPSA) is 48.9 Å². The van der Waals surface area contributed by atoms with E-state index in [9.17, 15) is 13.2 Å². The van der Waals surface area contributed by atoms with E-state index in [1.165, 1.54) is 4.90 Å². The number of ether oxygens (including phenoxy) is 1. The highest BCUT2D eigenvalue weighted by Gasteiger charge is 2.34. The number of aliphatic imine (C=N–C) groups is 1. The van der Waals surface area contributed by atoms with Crippen LogP contribution in [0.2, 0.25) is 5.02 Å². The maximum atomic E-state index is 12.5. The van der Waals surface area contributed by atoms with Gasteiger partial charge in [-0.2, -0.15) is 13.2 Å². The smallest absolute Gasteiger partial charge is 0.401 e. The van der Waals surface area contributed by atoms with Crippen LogP contribution >= 0.6 is 35.6 Å². The van der Waals surface area contributed by atoms with E-state index < -0.39 is 12.7 Å². The van der Waals surface area contributed by atoms with Crippen molar-refractivity contribution >= 4 is 41.5 Å². The first kappa shape index (κ1) is 24.1. The molecule has 0 aliphatic carbocycles. The van der Waals surface area contributed by atoms with Crippen LogP contribution in [-0.2, 0) is 0 Å².